The van der Waals surface area contributed by atoms with Crippen molar-refractivity contribution in [2.45, 2.75) is 44.9 Å². The molecule has 1 unspecified atom stereocenters. The number of Topliss-reactive ketones (excluding diaryl/α,β-unsaturated/α-hetero) is 1. The van der Waals surface area contributed by atoms with Gasteiger partial charge in [0.15, 0.2) is 10.9 Å². The van der Waals surface area contributed by atoms with Crippen LogP contribution in [-0.4, -0.2) is 38.2 Å². The fourth-order valence-corrected chi connectivity index (χ4v) is 3.73. The molecule has 130 valence electrons. The topological polar surface area (TPSA) is 76.9 Å². The molecule has 0 radical (unpaired) electrons. The Morgan fingerprint density at radius 1 is 1.42 bits per heavy atom. The lowest BCUT2D eigenvalue weighted by Gasteiger charge is -2.19. The number of rotatable bonds is 9. The molecule has 0 aliphatic carbocycles. The molecular formula is C16H22N4O2S2. The average molecular weight is 367 g/mol. The number of nitrogens with zero attached hydrogens (tertiary/aromatic N) is 3. The molecule has 1 N–H and O–H groups in total. The summed E-state index contributed by atoms with van der Waals surface area (Å²) in [6, 6.07) is 3.70. The molecule has 2 heterocycles. The average Bonchev–Trinajstić information content (AvgIpc) is 3.19. The molecule has 2 rings (SSSR count). The van der Waals surface area contributed by atoms with Crippen molar-refractivity contribution in [1.82, 2.24) is 20.1 Å². The maximum absolute atomic E-state index is 12.1. The second-order valence-corrected chi connectivity index (χ2v) is 7.80. The first-order chi connectivity index (χ1) is 11.5. The van der Waals surface area contributed by atoms with Gasteiger partial charge in [-0.15, -0.1) is 21.5 Å². The van der Waals surface area contributed by atoms with Gasteiger partial charge in [-0.25, -0.2) is 0 Å². The highest BCUT2D eigenvalue weighted by atomic mass is 32.2. The van der Waals surface area contributed by atoms with Crippen LogP contribution in [0.3, 0.4) is 0 Å². The van der Waals surface area contributed by atoms with E-state index in [0.29, 0.717) is 5.16 Å². The fraction of sp³-hybridized carbons (Fsp3) is 0.500. The first kappa shape index (κ1) is 18.7. The lowest BCUT2D eigenvalue weighted by molar-refractivity contribution is -0.126. The number of hydrogen-bond acceptors (Lipinski definition) is 6. The van der Waals surface area contributed by atoms with Gasteiger partial charge in [-0.05, 0) is 30.7 Å². The number of aromatic nitrogens is 3. The van der Waals surface area contributed by atoms with E-state index in [0.717, 1.165) is 13.0 Å². The minimum atomic E-state index is -0.435. The van der Waals surface area contributed by atoms with Gasteiger partial charge in [-0.2, -0.15) is 0 Å². The smallest absolute Gasteiger partial charge is 0.231 e. The van der Waals surface area contributed by atoms with E-state index >= 15 is 0 Å². The van der Waals surface area contributed by atoms with Crippen molar-refractivity contribution in [3.63, 3.8) is 0 Å². The first-order valence-electron chi connectivity index (χ1n) is 7.80. The number of thioether (sulfide) groups is 1. The van der Waals surface area contributed by atoms with Crippen molar-refractivity contribution in [2.24, 2.45) is 5.92 Å². The van der Waals surface area contributed by atoms with Crippen molar-refractivity contribution in [2.75, 3.05) is 5.75 Å². The predicted octanol–water partition coefficient (Wildman–Crippen LogP) is 2.40. The van der Waals surface area contributed by atoms with Gasteiger partial charge >= 0.3 is 0 Å². The van der Waals surface area contributed by atoms with E-state index in [4.69, 9.17) is 0 Å². The SMILES string of the molecule is CC(=O)C(NC(=O)CSc1nncn1CCc1cccs1)C(C)C. The minimum Gasteiger partial charge on any atom is -0.345 e. The number of carbonyl (C=O) groups is 2. The molecule has 0 aliphatic heterocycles. The molecule has 0 saturated heterocycles. The number of carbonyl (C=O) groups excluding carboxylic acids is 2. The zero-order chi connectivity index (χ0) is 17.5. The molecule has 0 spiro atoms. The summed E-state index contributed by atoms with van der Waals surface area (Å²) in [7, 11) is 0. The van der Waals surface area contributed by atoms with Crippen LogP contribution in [0.2, 0.25) is 0 Å². The van der Waals surface area contributed by atoms with Crippen LogP contribution in [0.1, 0.15) is 25.6 Å². The van der Waals surface area contributed by atoms with E-state index in [9.17, 15) is 9.59 Å². The van der Waals surface area contributed by atoms with Gasteiger partial charge < -0.3 is 9.88 Å². The highest BCUT2D eigenvalue weighted by Gasteiger charge is 2.20. The van der Waals surface area contributed by atoms with Crippen LogP contribution in [0, 0.1) is 5.92 Å². The third-order valence-electron chi connectivity index (χ3n) is 3.51. The summed E-state index contributed by atoms with van der Waals surface area (Å²) in [5.74, 6) is 0.101. The van der Waals surface area contributed by atoms with Crippen molar-refractivity contribution in [3.05, 3.63) is 28.7 Å². The largest absolute Gasteiger partial charge is 0.345 e. The molecule has 6 nitrogen and oxygen atoms in total. The highest BCUT2D eigenvalue weighted by molar-refractivity contribution is 7.99. The molecule has 0 aliphatic rings. The van der Waals surface area contributed by atoms with Gasteiger partial charge in [0.05, 0.1) is 11.8 Å². The van der Waals surface area contributed by atoms with E-state index in [1.54, 1.807) is 17.7 Å². The van der Waals surface area contributed by atoms with E-state index in [-0.39, 0.29) is 23.4 Å². The Hall–Kier alpha value is -1.67. The zero-order valence-corrected chi connectivity index (χ0v) is 15.7. The van der Waals surface area contributed by atoms with E-state index in [1.165, 1.54) is 23.6 Å². The van der Waals surface area contributed by atoms with Gasteiger partial charge in [-0.3, -0.25) is 9.59 Å². The van der Waals surface area contributed by atoms with Crippen LogP contribution < -0.4 is 5.32 Å². The lowest BCUT2D eigenvalue weighted by atomic mass is 10.0. The fourth-order valence-electron chi connectivity index (χ4n) is 2.28. The summed E-state index contributed by atoms with van der Waals surface area (Å²) in [4.78, 5) is 24.9. The van der Waals surface area contributed by atoms with Crippen LogP contribution in [-0.2, 0) is 22.6 Å². The van der Waals surface area contributed by atoms with Gasteiger partial charge in [0.2, 0.25) is 5.91 Å². The Kier molecular flexibility index (Phi) is 6.99. The summed E-state index contributed by atoms with van der Waals surface area (Å²) >= 11 is 3.06. The second-order valence-electron chi connectivity index (χ2n) is 5.82. The van der Waals surface area contributed by atoms with Gasteiger partial charge in [0.25, 0.3) is 0 Å². The number of ketones is 1. The Morgan fingerprint density at radius 2 is 2.21 bits per heavy atom. The maximum atomic E-state index is 12.1. The summed E-state index contributed by atoms with van der Waals surface area (Å²) in [6.45, 7) is 6.11. The molecule has 1 amide bonds. The number of amides is 1. The van der Waals surface area contributed by atoms with Crippen LogP contribution in [0.15, 0.2) is 29.0 Å². The Morgan fingerprint density at radius 3 is 2.83 bits per heavy atom. The highest BCUT2D eigenvalue weighted by Crippen LogP contribution is 2.17. The van der Waals surface area contributed by atoms with E-state index in [2.05, 4.69) is 27.0 Å². The second kappa shape index (κ2) is 8.98. The van der Waals surface area contributed by atoms with Gasteiger partial charge in [-0.1, -0.05) is 31.7 Å². The third kappa shape index (κ3) is 5.45. The maximum Gasteiger partial charge on any atom is 0.231 e. The molecule has 24 heavy (non-hydrogen) atoms. The molecule has 0 saturated carbocycles. The van der Waals surface area contributed by atoms with Gasteiger partial charge in [0, 0.05) is 11.4 Å². The number of nitrogens with one attached hydrogen (secondary N) is 1. The van der Waals surface area contributed by atoms with Crippen LogP contribution >= 0.6 is 23.1 Å². The normalized spacial score (nSPS) is 12.3. The summed E-state index contributed by atoms with van der Waals surface area (Å²) < 4.78 is 1.95. The van der Waals surface area contributed by atoms with Gasteiger partial charge in [0.1, 0.15) is 6.33 Å². The molecule has 0 aromatic carbocycles. The zero-order valence-electron chi connectivity index (χ0n) is 14.1. The summed E-state index contributed by atoms with van der Waals surface area (Å²) in [5.41, 5.74) is 0. The van der Waals surface area contributed by atoms with Crippen molar-refractivity contribution < 1.29 is 9.59 Å². The molecule has 2 aromatic rings. The third-order valence-corrected chi connectivity index (χ3v) is 5.43. The van der Waals surface area contributed by atoms with Crippen LogP contribution in [0.4, 0.5) is 0 Å². The standard InChI is InChI=1S/C16H22N4O2S2/c1-11(2)15(12(3)21)18-14(22)9-24-16-19-17-10-20(16)7-6-13-5-4-8-23-13/h4-5,8,10-11,15H,6-7,9H2,1-3H3,(H,18,22). The van der Waals surface area contributed by atoms with Crippen LogP contribution in [0.25, 0.3) is 0 Å². The first-order valence-corrected chi connectivity index (χ1v) is 9.66. The molecule has 0 fully saturated rings. The predicted molar refractivity (Wildman–Crippen MR) is 96.2 cm³/mol. The minimum absolute atomic E-state index is 0.0255. The number of thiophene rings is 1. The van der Waals surface area contributed by atoms with Crippen molar-refractivity contribution in [1.29, 1.82) is 0 Å². The molecule has 0 bridgehead atoms. The molecular weight excluding hydrogens is 344 g/mol. The lowest BCUT2D eigenvalue weighted by Crippen LogP contribution is -2.44. The monoisotopic (exact) mass is 366 g/mol. The van der Waals surface area contributed by atoms with Crippen LogP contribution in [0.5, 0.6) is 0 Å². The molecule has 1 atom stereocenters. The Labute approximate surface area is 150 Å². The van der Waals surface area contributed by atoms with E-state index in [1.807, 2.05) is 24.5 Å². The number of hydrogen-bond donors (Lipinski definition) is 1. The van der Waals surface area contributed by atoms with E-state index < -0.39 is 6.04 Å². The Balaban J connectivity index is 1.84. The molecule has 8 heteroatoms. The van der Waals surface area contributed by atoms with Crippen molar-refractivity contribution >= 4 is 34.8 Å². The quantitative estimate of drug-likeness (QED) is 0.690. The van der Waals surface area contributed by atoms with Crippen molar-refractivity contribution in [3.8, 4) is 0 Å². The number of aryl methyl sites for hydroxylation is 2. The summed E-state index contributed by atoms with van der Waals surface area (Å²) in [6.07, 6.45) is 2.59. The summed E-state index contributed by atoms with van der Waals surface area (Å²) in [5, 5.41) is 13.6. The molecule has 2 aromatic heterocycles. The Bertz CT molecular complexity index is 667.